The summed E-state index contributed by atoms with van der Waals surface area (Å²) in [7, 11) is 0. The Hall–Kier alpha value is -2.45. The van der Waals surface area contributed by atoms with Crippen LogP contribution >= 0.6 is 23.4 Å². The Balaban J connectivity index is 1.75. The van der Waals surface area contributed by atoms with Crippen LogP contribution in [0.5, 0.6) is 0 Å². The second kappa shape index (κ2) is 8.06. The molecular weight excluding hydrogens is 396 g/mol. The van der Waals surface area contributed by atoms with E-state index in [0.717, 1.165) is 23.9 Å². The number of anilines is 2. The van der Waals surface area contributed by atoms with Crippen LogP contribution in [0.25, 0.3) is 0 Å². The minimum absolute atomic E-state index is 0.0656. The molecule has 140 valence electrons. The summed E-state index contributed by atoms with van der Waals surface area (Å²) in [5.74, 6) is -2.64. The molecule has 1 atom stereocenters. The third-order valence-corrected chi connectivity index (χ3v) is 5.16. The number of thioether (sulfide) groups is 1. The lowest BCUT2D eigenvalue weighted by molar-refractivity contribution is -0.116. The first-order valence-electron chi connectivity index (χ1n) is 7.92. The number of para-hydroxylation sites is 2. The Morgan fingerprint density at radius 2 is 1.89 bits per heavy atom. The van der Waals surface area contributed by atoms with Crippen LogP contribution in [0, 0.1) is 11.6 Å². The number of nitrogens with zero attached hydrogens (tertiary/aromatic N) is 2. The summed E-state index contributed by atoms with van der Waals surface area (Å²) in [5.41, 5.74) is -0.0528. The van der Waals surface area contributed by atoms with E-state index in [2.05, 4.69) is 10.3 Å². The Kier molecular flexibility index (Phi) is 5.76. The van der Waals surface area contributed by atoms with Gasteiger partial charge in [-0.1, -0.05) is 41.6 Å². The molecular formula is C18H14ClF2N3O2S. The highest BCUT2D eigenvalue weighted by atomic mass is 35.5. The topological polar surface area (TPSA) is 61.8 Å². The Morgan fingerprint density at radius 3 is 2.56 bits per heavy atom. The predicted molar refractivity (Wildman–Crippen MR) is 103 cm³/mol. The molecule has 3 rings (SSSR count). The molecule has 0 spiro atoms. The molecule has 5 nitrogen and oxygen atoms in total. The molecule has 1 aliphatic rings. The van der Waals surface area contributed by atoms with Gasteiger partial charge in [0.15, 0.2) is 5.17 Å². The van der Waals surface area contributed by atoms with Crippen LogP contribution in [-0.4, -0.2) is 28.8 Å². The molecule has 1 N–H and O–H groups in total. The number of amidine groups is 1. The molecule has 0 aliphatic carbocycles. The monoisotopic (exact) mass is 409 g/mol. The summed E-state index contributed by atoms with van der Waals surface area (Å²) in [6, 6.07) is 10.1. The first-order chi connectivity index (χ1) is 12.9. The van der Waals surface area contributed by atoms with Crippen molar-refractivity contribution in [2.75, 3.05) is 16.8 Å². The Labute approximate surface area is 163 Å². The number of aliphatic imine (C=N–C) groups is 1. The molecule has 0 unspecified atom stereocenters. The van der Waals surface area contributed by atoms with Gasteiger partial charge in [-0.25, -0.2) is 8.78 Å². The molecule has 9 heteroatoms. The third kappa shape index (κ3) is 4.12. The molecule has 0 aromatic heterocycles. The molecule has 2 amide bonds. The zero-order valence-corrected chi connectivity index (χ0v) is 15.7. The third-order valence-electron chi connectivity index (χ3n) is 3.75. The zero-order chi connectivity index (χ0) is 19.6. The summed E-state index contributed by atoms with van der Waals surface area (Å²) in [4.78, 5) is 30.0. The van der Waals surface area contributed by atoms with Crippen LogP contribution in [0.4, 0.5) is 20.2 Å². The van der Waals surface area contributed by atoms with E-state index in [1.807, 2.05) is 0 Å². The number of carbonyl (C=O) groups excluding carboxylic acids is 2. The highest BCUT2D eigenvalue weighted by Gasteiger charge is 2.31. The second-order valence-electron chi connectivity index (χ2n) is 5.63. The fraction of sp³-hybridized carbons (Fsp3) is 0.167. The van der Waals surface area contributed by atoms with Gasteiger partial charge in [-0.2, -0.15) is 0 Å². The van der Waals surface area contributed by atoms with Gasteiger partial charge in [-0.15, -0.1) is 0 Å². The first-order valence-corrected chi connectivity index (χ1v) is 9.17. The molecule has 0 fully saturated rings. The zero-order valence-electron chi connectivity index (χ0n) is 14.1. The van der Waals surface area contributed by atoms with Gasteiger partial charge in [0, 0.05) is 0 Å². The minimum atomic E-state index is -0.869. The number of benzene rings is 2. The van der Waals surface area contributed by atoms with Crippen molar-refractivity contribution in [3.05, 3.63) is 59.1 Å². The molecule has 1 heterocycles. The highest BCUT2D eigenvalue weighted by molar-refractivity contribution is 8.15. The largest absolute Gasteiger partial charge is 0.320 e. The average Bonchev–Trinajstić information content (AvgIpc) is 2.99. The van der Waals surface area contributed by atoms with Gasteiger partial charge in [0.2, 0.25) is 5.91 Å². The average molecular weight is 410 g/mol. The van der Waals surface area contributed by atoms with E-state index in [1.165, 1.54) is 11.0 Å². The van der Waals surface area contributed by atoms with Crippen molar-refractivity contribution in [3.8, 4) is 0 Å². The van der Waals surface area contributed by atoms with Crippen LogP contribution < -0.4 is 10.2 Å². The molecule has 27 heavy (non-hydrogen) atoms. The van der Waals surface area contributed by atoms with Gasteiger partial charge in [0.1, 0.15) is 23.9 Å². The number of rotatable bonds is 4. The van der Waals surface area contributed by atoms with Crippen LogP contribution in [-0.2, 0) is 9.59 Å². The van der Waals surface area contributed by atoms with Gasteiger partial charge < -0.3 is 5.32 Å². The lowest BCUT2D eigenvalue weighted by atomic mass is 10.3. The molecule has 1 aliphatic heterocycles. The van der Waals surface area contributed by atoms with Gasteiger partial charge in [0.05, 0.1) is 16.0 Å². The molecule has 0 bridgehead atoms. The van der Waals surface area contributed by atoms with E-state index in [-0.39, 0.29) is 12.5 Å². The van der Waals surface area contributed by atoms with E-state index < -0.39 is 28.5 Å². The molecule has 2 aromatic rings. The van der Waals surface area contributed by atoms with Gasteiger partial charge in [-0.05, 0) is 31.2 Å². The number of hydrogen-bond donors (Lipinski definition) is 1. The second-order valence-corrected chi connectivity index (χ2v) is 7.34. The Bertz CT molecular complexity index is 918. The Morgan fingerprint density at radius 1 is 1.22 bits per heavy atom. The number of nitrogens with one attached hydrogen (secondary N) is 1. The van der Waals surface area contributed by atoms with Crippen LogP contribution in [0.1, 0.15) is 6.92 Å². The quantitative estimate of drug-likeness (QED) is 0.827. The summed E-state index contributed by atoms with van der Waals surface area (Å²) in [6.45, 7) is 1.48. The lowest BCUT2D eigenvalue weighted by Crippen LogP contribution is -2.34. The summed E-state index contributed by atoms with van der Waals surface area (Å²) in [5, 5.41) is 2.13. The fourth-order valence-electron chi connectivity index (χ4n) is 2.40. The number of halogens is 3. The maximum absolute atomic E-state index is 13.7. The van der Waals surface area contributed by atoms with Crippen molar-refractivity contribution in [1.82, 2.24) is 0 Å². The molecule has 2 aromatic carbocycles. The number of hydrogen-bond acceptors (Lipinski definition) is 4. The van der Waals surface area contributed by atoms with Crippen molar-refractivity contribution in [1.29, 1.82) is 0 Å². The SMILES string of the molecule is C[C@H](SC1=NCC(=O)N1c1ccccc1Cl)C(=O)Nc1c(F)cccc1F. The predicted octanol–water partition coefficient (Wildman–Crippen LogP) is 4.08. The molecule has 0 radical (unpaired) electrons. The normalized spacial score (nSPS) is 14.9. The van der Waals surface area contributed by atoms with Gasteiger partial charge in [-0.3, -0.25) is 19.5 Å². The van der Waals surface area contributed by atoms with Crippen molar-refractivity contribution in [2.45, 2.75) is 12.2 Å². The number of amides is 2. The van der Waals surface area contributed by atoms with Crippen molar-refractivity contribution in [2.24, 2.45) is 4.99 Å². The maximum Gasteiger partial charge on any atom is 0.254 e. The fourth-order valence-corrected chi connectivity index (χ4v) is 3.54. The van der Waals surface area contributed by atoms with Gasteiger partial charge in [0.25, 0.3) is 5.91 Å². The molecule has 0 saturated carbocycles. The van der Waals surface area contributed by atoms with E-state index >= 15 is 0 Å². The van der Waals surface area contributed by atoms with E-state index in [1.54, 1.807) is 31.2 Å². The lowest BCUT2D eigenvalue weighted by Gasteiger charge is -2.21. The van der Waals surface area contributed by atoms with Crippen LogP contribution in [0.15, 0.2) is 47.5 Å². The maximum atomic E-state index is 13.7. The molecule has 0 saturated heterocycles. The van der Waals surface area contributed by atoms with E-state index in [4.69, 9.17) is 11.6 Å². The number of carbonyl (C=O) groups is 2. The van der Waals surface area contributed by atoms with Crippen molar-refractivity contribution >= 4 is 51.7 Å². The standard InChI is InChI=1S/C18H14ClF2N3O2S/c1-10(17(26)23-16-12(20)6-4-7-13(16)21)27-18-22-9-15(25)24(18)14-8-3-2-5-11(14)19/h2-8,10H,9H2,1H3,(H,23,26)/t10-/m0/s1. The first kappa shape index (κ1) is 19.3. The smallest absolute Gasteiger partial charge is 0.254 e. The summed E-state index contributed by atoms with van der Waals surface area (Å²) >= 11 is 7.16. The summed E-state index contributed by atoms with van der Waals surface area (Å²) < 4.78 is 27.4. The van der Waals surface area contributed by atoms with Gasteiger partial charge >= 0.3 is 0 Å². The summed E-state index contributed by atoms with van der Waals surface area (Å²) in [6.07, 6.45) is 0. The van der Waals surface area contributed by atoms with Crippen LogP contribution in [0.2, 0.25) is 5.02 Å². The van der Waals surface area contributed by atoms with E-state index in [0.29, 0.717) is 15.9 Å². The highest BCUT2D eigenvalue weighted by Crippen LogP contribution is 2.32. The van der Waals surface area contributed by atoms with Crippen molar-refractivity contribution in [3.63, 3.8) is 0 Å². The van der Waals surface area contributed by atoms with E-state index in [9.17, 15) is 18.4 Å². The minimum Gasteiger partial charge on any atom is -0.320 e. The van der Waals surface area contributed by atoms with Crippen LogP contribution in [0.3, 0.4) is 0 Å². The van der Waals surface area contributed by atoms with Crippen molar-refractivity contribution < 1.29 is 18.4 Å².